The number of benzene rings is 1. The number of para-hydroxylation sites is 1. The van der Waals surface area contributed by atoms with Crippen LogP contribution in [0.1, 0.15) is 24.9 Å². The molecule has 0 saturated carbocycles. The maximum Gasteiger partial charge on any atom is 0.320 e. The van der Waals surface area contributed by atoms with Gasteiger partial charge >= 0.3 is 5.97 Å². The fourth-order valence-electron chi connectivity index (χ4n) is 1.89. The van der Waals surface area contributed by atoms with Gasteiger partial charge in [-0.05, 0) is 13.0 Å². The zero-order valence-electron chi connectivity index (χ0n) is 9.14. The fourth-order valence-corrected chi connectivity index (χ4v) is 1.89. The summed E-state index contributed by atoms with van der Waals surface area (Å²) in [6.07, 6.45) is 0.800. The van der Waals surface area contributed by atoms with Gasteiger partial charge in [0.1, 0.15) is 11.8 Å². The lowest BCUT2D eigenvalue weighted by Gasteiger charge is -2.28. The van der Waals surface area contributed by atoms with Gasteiger partial charge in [0.05, 0.1) is 6.61 Å². The van der Waals surface area contributed by atoms with Crippen molar-refractivity contribution in [2.75, 3.05) is 6.61 Å². The molecular weight excluding hydrogens is 206 g/mol. The zero-order valence-corrected chi connectivity index (χ0v) is 9.14. The van der Waals surface area contributed by atoms with Gasteiger partial charge in [-0.3, -0.25) is 10.1 Å². The van der Waals surface area contributed by atoms with E-state index in [1.807, 2.05) is 24.3 Å². The third-order valence-electron chi connectivity index (χ3n) is 2.78. The highest BCUT2D eigenvalue weighted by Gasteiger charge is 2.24. The van der Waals surface area contributed by atoms with Crippen molar-refractivity contribution in [3.8, 4) is 5.75 Å². The fraction of sp³-hybridized carbons (Fsp3) is 0.417. The van der Waals surface area contributed by atoms with E-state index in [2.05, 4.69) is 5.32 Å². The number of fused-ring (bicyclic) bond motifs is 1. The molecule has 1 heterocycles. The van der Waals surface area contributed by atoms with E-state index in [-0.39, 0.29) is 6.04 Å². The summed E-state index contributed by atoms with van der Waals surface area (Å²) in [5.74, 6) is 0.0211. The average Bonchev–Trinajstić information content (AvgIpc) is 2.29. The van der Waals surface area contributed by atoms with E-state index < -0.39 is 12.0 Å². The molecule has 0 amide bonds. The van der Waals surface area contributed by atoms with E-state index in [4.69, 9.17) is 9.84 Å². The van der Waals surface area contributed by atoms with Crippen LogP contribution >= 0.6 is 0 Å². The van der Waals surface area contributed by atoms with Crippen molar-refractivity contribution in [1.82, 2.24) is 5.32 Å². The van der Waals surface area contributed by atoms with E-state index in [1.54, 1.807) is 6.92 Å². The Kier molecular flexibility index (Phi) is 3.10. The predicted octanol–water partition coefficient (Wildman–Crippen LogP) is 1.57. The van der Waals surface area contributed by atoms with E-state index in [9.17, 15) is 4.79 Å². The maximum atomic E-state index is 10.8. The molecule has 0 fully saturated rings. The van der Waals surface area contributed by atoms with Crippen molar-refractivity contribution in [3.63, 3.8) is 0 Å². The molecular formula is C12H15NO3. The molecule has 2 N–H and O–H groups in total. The van der Waals surface area contributed by atoms with E-state index in [0.29, 0.717) is 6.61 Å². The molecule has 4 nitrogen and oxygen atoms in total. The Bertz CT molecular complexity index is 392. The van der Waals surface area contributed by atoms with Crippen molar-refractivity contribution in [2.24, 2.45) is 0 Å². The minimum atomic E-state index is -0.830. The molecule has 1 aromatic carbocycles. The van der Waals surface area contributed by atoms with E-state index in [0.717, 1.165) is 17.7 Å². The number of ether oxygens (including phenoxy) is 1. The quantitative estimate of drug-likeness (QED) is 0.813. The minimum absolute atomic E-state index is 0.0658. The van der Waals surface area contributed by atoms with Gasteiger partial charge < -0.3 is 9.84 Å². The molecule has 0 aromatic heterocycles. The first-order valence-corrected chi connectivity index (χ1v) is 5.39. The van der Waals surface area contributed by atoms with Gasteiger partial charge in [-0.2, -0.15) is 0 Å². The second-order valence-electron chi connectivity index (χ2n) is 3.95. The molecule has 0 spiro atoms. The van der Waals surface area contributed by atoms with Gasteiger partial charge in [0, 0.05) is 18.0 Å². The van der Waals surface area contributed by atoms with Crippen molar-refractivity contribution < 1.29 is 14.6 Å². The van der Waals surface area contributed by atoms with E-state index in [1.165, 1.54) is 0 Å². The first-order chi connectivity index (χ1) is 7.68. The number of hydrogen-bond acceptors (Lipinski definition) is 3. The lowest BCUT2D eigenvalue weighted by atomic mass is 10.00. The Morgan fingerprint density at radius 2 is 2.31 bits per heavy atom. The summed E-state index contributed by atoms with van der Waals surface area (Å²) >= 11 is 0. The first kappa shape index (κ1) is 11.0. The third kappa shape index (κ3) is 2.17. The van der Waals surface area contributed by atoms with Crippen LogP contribution in [0.5, 0.6) is 5.75 Å². The molecule has 2 rings (SSSR count). The van der Waals surface area contributed by atoms with E-state index >= 15 is 0 Å². The summed E-state index contributed by atoms with van der Waals surface area (Å²) in [5.41, 5.74) is 1.04. The number of rotatable bonds is 3. The Balaban J connectivity index is 2.16. The van der Waals surface area contributed by atoms with Crippen LogP contribution in [0, 0.1) is 0 Å². The average molecular weight is 221 g/mol. The summed E-state index contributed by atoms with van der Waals surface area (Å²) < 4.78 is 5.51. The van der Waals surface area contributed by atoms with Crippen LogP contribution in [0.25, 0.3) is 0 Å². The summed E-state index contributed by atoms with van der Waals surface area (Å²) in [5, 5.41) is 12.0. The predicted molar refractivity (Wildman–Crippen MR) is 59.5 cm³/mol. The summed E-state index contributed by atoms with van der Waals surface area (Å²) in [6, 6.07) is 7.26. The largest absolute Gasteiger partial charge is 0.493 e. The van der Waals surface area contributed by atoms with Gasteiger partial charge in [0.2, 0.25) is 0 Å². The lowest BCUT2D eigenvalue weighted by molar-refractivity contribution is -0.139. The Morgan fingerprint density at radius 3 is 3.06 bits per heavy atom. The van der Waals surface area contributed by atoms with Gasteiger partial charge in [-0.25, -0.2) is 0 Å². The van der Waals surface area contributed by atoms with Crippen LogP contribution in [-0.2, 0) is 4.79 Å². The molecule has 16 heavy (non-hydrogen) atoms. The molecule has 86 valence electrons. The number of aliphatic carboxylic acids is 1. The second kappa shape index (κ2) is 4.53. The monoisotopic (exact) mass is 221 g/mol. The highest BCUT2D eigenvalue weighted by atomic mass is 16.5. The summed E-state index contributed by atoms with van der Waals surface area (Å²) in [4.78, 5) is 10.8. The number of nitrogens with one attached hydrogen (secondary N) is 1. The highest BCUT2D eigenvalue weighted by Crippen LogP contribution is 2.31. The molecule has 0 bridgehead atoms. The van der Waals surface area contributed by atoms with Crippen LogP contribution in [0.2, 0.25) is 0 Å². The van der Waals surface area contributed by atoms with Crippen molar-refractivity contribution in [2.45, 2.75) is 25.4 Å². The molecule has 2 unspecified atom stereocenters. The lowest BCUT2D eigenvalue weighted by Crippen LogP contribution is -2.38. The third-order valence-corrected chi connectivity index (χ3v) is 2.78. The number of carbonyl (C=O) groups is 1. The van der Waals surface area contributed by atoms with Crippen molar-refractivity contribution in [1.29, 1.82) is 0 Å². The van der Waals surface area contributed by atoms with Crippen LogP contribution < -0.4 is 10.1 Å². The normalized spacial score (nSPS) is 20.7. The van der Waals surface area contributed by atoms with Crippen LogP contribution in [0.4, 0.5) is 0 Å². The standard InChI is InChI=1S/C12H15NO3/c1-8(12(14)15)13-10-6-7-16-11-5-3-2-4-9(10)11/h2-5,8,10,13H,6-7H2,1H3,(H,14,15). The molecule has 1 aliphatic heterocycles. The van der Waals surface area contributed by atoms with Gasteiger partial charge in [-0.1, -0.05) is 18.2 Å². The van der Waals surface area contributed by atoms with Crippen LogP contribution in [0.3, 0.4) is 0 Å². The van der Waals surface area contributed by atoms with Crippen molar-refractivity contribution >= 4 is 5.97 Å². The number of carboxylic acid groups (broad SMARTS) is 1. The molecule has 1 aromatic rings. The molecule has 4 heteroatoms. The topological polar surface area (TPSA) is 58.6 Å². The van der Waals surface area contributed by atoms with Gasteiger partial charge in [0.15, 0.2) is 0 Å². The molecule has 0 radical (unpaired) electrons. The summed E-state index contributed by atoms with van der Waals surface area (Å²) in [7, 11) is 0. The zero-order chi connectivity index (χ0) is 11.5. The SMILES string of the molecule is CC(NC1CCOc2ccccc21)C(=O)O. The molecule has 2 atom stereocenters. The van der Waals surface area contributed by atoms with Gasteiger partial charge in [0.25, 0.3) is 0 Å². The molecule has 0 aliphatic carbocycles. The minimum Gasteiger partial charge on any atom is -0.493 e. The highest BCUT2D eigenvalue weighted by molar-refractivity contribution is 5.72. The second-order valence-corrected chi connectivity index (χ2v) is 3.95. The van der Waals surface area contributed by atoms with Gasteiger partial charge in [-0.15, -0.1) is 0 Å². The molecule has 1 aliphatic rings. The number of hydrogen-bond donors (Lipinski definition) is 2. The Hall–Kier alpha value is -1.55. The maximum absolute atomic E-state index is 10.8. The Morgan fingerprint density at radius 1 is 1.56 bits per heavy atom. The van der Waals surface area contributed by atoms with Crippen molar-refractivity contribution in [3.05, 3.63) is 29.8 Å². The summed E-state index contributed by atoms with van der Waals surface area (Å²) in [6.45, 7) is 2.28. The van der Waals surface area contributed by atoms with Crippen LogP contribution in [-0.4, -0.2) is 23.7 Å². The van der Waals surface area contributed by atoms with Crippen LogP contribution in [0.15, 0.2) is 24.3 Å². The smallest absolute Gasteiger partial charge is 0.320 e. The Labute approximate surface area is 94.2 Å². The first-order valence-electron chi connectivity index (χ1n) is 5.39. The molecule has 0 saturated heterocycles. The number of carboxylic acids is 1.